The van der Waals surface area contributed by atoms with Crippen LogP contribution in [0.25, 0.3) is 11.4 Å². The smallest absolute Gasteiger partial charge is 0.322 e. The van der Waals surface area contributed by atoms with E-state index >= 15 is 0 Å². The van der Waals surface area contributed by atoms with Crippen LogP contribution in [-0.4, -0.2) is 26.1 Å². The van der Waals surface area contributed by atoms with E-state index in [0.717, 1.165) is 16.9 Å². The molecule has 140 valence electrons. The number of aryl methyl sites for hydroxylation is 1. The van der Waals surface area contributed by atoms with Gasteiger partial charge in [0, 0.05) is 5.56 Å². The maximum Gasteiger partial charge on any atom is 0.416 e. The lowest BCUT2D eigenvalue weighted by Gasteiger charge is -2.07. The van der Waals surface area contributed by atoms with E-state index in [4.69, 9.17) is 0 Å². The second-order valence-electron chi connectivity index (χ2n) is 5.75. The zero-order valence-electron chi connectivity index (χ0n) is 14.0. The molecule has 0 atom stereocenters. The Morgan fingerprint density at radius 2 is 1.96 bits per heavy atom. The summed E-state index contributed by atoms with van der Waals surface area (Å²) in [4.78, 5) is 12.9. The number of anilines is 1. The molecule has 1 aromatic heterocycles. The fourth-order valence-electron chi connectivity index (χ4n) is 2.30. The second kappa shape index (κ2) is 7.14. The molecule has 10 heteroatoms. The van der Waals surface area contributed by atoms with E-state index < -0.39 is 23.5 Å². The van der Waals surface area contributed by atoms with E-state index in [9.17, 15) is 22.4 Å². The fraction of sp³-hybridized carbons (Fsp3) is 0.176. The molecular weight excluding hydrogens is 366 g/mol. The van der Waals surface area contributed by atoms with Gasteiger partial charge < -0.3 is 5.32 Å². The van der Waals surface area contributed by atoms with Crippen molar-refractivity contribution in [3.05, 3.63) is 59.4 Å². The molecule has 0 saturated carbocycles. The van der Waals surface area contributed by atoms with E-state index in [0.29, 0.717) is 5.56 Å². The molecule has 0 fully saturated rings. The Labute approximate surface area is 150 Å². The molecule has 27 heavy (non-hydrogen) atoms. The highest BCUT2D eigenvalue weighted by atomic mass is 19.4. The summed E-state index contributed by atoms with van der Waals surface area (Å²) in [5.41, 5.74) is -0.0250. The van der Waals surface area contributed by atoms with Gasteiger partial charge >= 0.3 is 6.18 Å². The number of amides is 1. The van der Waals surface area contributed by atoms with Crippen LogP contribution < -0.4 is 5.32 Å². The van der Waals surface area contributed by atoms with Gasteiger partial charge in [0.2, 0.25) is 11.7 Å². The summed E-state index contributed by atoms with van der Waals surface area (Å²) in [6, 6.07) is 8.78. The summed E-state index contributed by atoms with van der Waals surface area (Å²) < 4.78 is 52.1. The van der Waals surface area contributed by atoms with Gasteiger partial charge in [-0.3, -0.25) is 4.79 Å². The molecule has 3 rings (SSSR count). The van der Waals surface area contributed by atoms with Crippen LogP contribution in [0.3, 0.4) is 0 Å². The summed E-state index contributed by atoms with van der Waals surface area (Å²) in [5, 5.41) is 13.6. The third kappa shape index (κ3) is 4.46. The molecule has 0 unspecified atom stereocenters. The van der Waals surface area contributed by atoms with Crippen LogP contribution >= 0.6 is 0 Å². The quantitative estimate of drug-likeness (QED) is 0.705. The number of hydrogen-bond acceptors (Lipinski definition) is 4. The number of halogens is 4. The van der Waals surface area contributed by atoms with Crippen LogP contribution in [0.15, 0.2) is 42.5 Å². The lowest BCUT2D eigenvalue weighted by Crippen LogP contribution is -2.21. The second-order valence-corrected chi connectivity index (χ2v) is 5.75. The molecule has 0 radical (unpaired) electrons. The predicted molar refractivity (Wildman–Crippen MR) is 88.0 cm³/mol. The zero-order chi connectivity index (χ0) is 19.6. The van der Waals surface area contributed by atoms with Gasteiger partial charge in [-0.2, -0.15) is 18.0 Å². The van der Waals surface area contributed by atoms with Crippen LogP contribution in [0.2, 0.25) is 0 Å². The molecule has 6 nitrogen and oxygen atoms in total. The van der Waals surface area contributed by atoms with E-state index in [1.165, 1.54) is 24.3 Å². The van der Waals surface area contributed by atoms with Gasteiger partial charge in [-0.25, -0.2) is 4.39 Å². The van der Waals surface area contributed by atoms with Crippen LogP contribution in [0.4, 0.5) is 23.2 Å². The van der Waals surface area contributed by atoms with Crippen molar-refractivity contribution in [2.24, 2.45) is 0 Å². The monoisotopic (exact) mass is 379 g/mol. The van der Waals surface area contributed by atoms with Crippen molar-refractivity contribution in [1.29, 1.82) is 0 Å². The number of aromatic nitrogens is 4. The Hall–Kier alpha value is -3.30. The first-order valence-electron chi connectivity index (χ1n) is 7.74. The Bertz CT molecular complexity index is 983. The highest BCUT2D eigenvalue weighted by Crippen LogP contribution is 2.31. The Morgan fingerprint density at radius 3 is 2.67 bits per heavy atom. The first kappa shape index (κ1) is 18.5. The maximum absolute atomic E-state index is 13.8. The van der Waals surface area contributed by atoms with Crippen LogP contribution in [0.5, 0.6) is 0 Å². The normalized spacial score (nSPS) is 11.4. The number of carbonyl (C=O) groups is 1. The molecule has 1 amide bonds. The number of hydrogen-bond donors (Lipinski definition) is 1. The SMILES string of the molecule is Cc1ccc(NC(=O)Cn2nnc(-c3cccc(C(F)(F)F)c3)n2)c(F)c1. The van der Waals surface area contributed by atoms with E-state index in [1.807, 2.05) is 0 Å². The van der Waals surface area contributed by atoms with Crippen molar-refractivity contribution in [2.45, 2.75) is 19.6 Å². The largest absolute Gasteiger partial charge is 0.416 e. The predicted octanol–water partition coefficient (Wildman–Crippen LogP) is 3.45. The summed E-state index contributed by atoms with van der Waals surface area (Å²) >= 11 is 0. The standard InChI is InChI=1S/C17H13F4N5O/c1-10-5-6-14(13(18)7-10)22-15(27)9-26-24-16(23-25-26)11-3-2-4-12(8-11)17(19,20)21/h2-8H,9H2,1H3,(H,22,27). The summed E-state index contributed by atoms with van der Waals surface area (Å²) in [6.45, 7) is 1.34. The molecule has 0 spiro atoms. The van der Waals surface area contributed by atoms with Crippen molar-refractivity contribution in [3.8, 4) is 11.4 Å². The number of tetrazole rings is 1. The number of benzene rings is 2. The lowest BCUT2D eigenvalue weighted by molar-refractivity contribution is -0.137. The molecule has 0 saturated heterocycles. The highest BCUT2D eigenvalue weighted by molar-refractivity contribution is 5.90. The third-order valence-corrected chi connectivity index (χ3v) is 3.58. The summed E-state index contributed by atoms with van der Waals surface area (Å²) in [7, 11) is 0. The van der Waals surface area contributed by atoms with Crippen molar-refractivity contribution in [1.82, 2.24) is 20.2 Å². The molecular formula is C17H13F4N5O. The molecule has 2 aromatic carbocycles. The number of alkyl halides is 3. The fourth-order valence-corrected chi connectivity index (χ4v) is 2.30. The highest BCUT2D eigenvalue weighted by Gasteiger charge is 2.30. The number of carbonyl (C=O) groups excluding carboxylic acids is 1. The van der Waals surface area contributed by atoms with E-state index in [1.54, 1.807) is 13.0 Å². The first-order valence-corrected chi connectivity index (χ1v) is 7.74. The molecule has 0 bridgehead atoms. The van der Waals surface area contributed by atoms with Gasteiger partial charge in [0.05, 0.1) is 11.3 Å². The van der Waals surface area contributed by atoms with Crippen molar-refractivity contribution in [2.75, 3.05) is 5.32 Å². The molecule has 0 aliphatic heterocycles. The Balaban J connectivity index is 1.72. The third-order valence-electron chi connectivity index (χ3n) is 3.58. The van der Waals surface area contributed by atoms with E-state index in [2.05, 4.69) is 20.7 Å². The summed E-state index contributed by atoms with van der Waals surface area (Å²) in [5.74, 6) is -1.25. The van der Waals surface area contributed by atoms with Crippen molar-refractivity contribution >= 4 is 11.6 Å². The minimum absolute atomic E-state index is 0.00353. The maximum atomic E-state index is 13.8. The van der Waals surface area contributed by atoms with Crippen molar-refractivity contribution in [3.63, 3.8) is 0 Å². The number of nitrogens with one attached hydrogen (secondary N) is 1. The first-order chi connectivity index (χ1) is 12.7. The van der Waals surface area contributed by atoms with Gasteiger partial charge in [-0.1, -0.05) is 18.2 Å². The molecule has 1 heterocycles. The number of nitrogens with zero attached hydrogens (tertiary/aromatic N) is 4. The van der Waals surface area contributed by atoms with Gasteiger partial charge in [-0.15, -0.1) is 10.2 Å². The zero-order valence-corrected chi connectivity index (χ0v) is 14.0. The van der Waals surface area contributed by atoms with Crippen molar-refractivity contribution < 1.29 is 22.4 Å². The lowest BCUT2D eigenvalue weighted by atomic mass is 10.1. The van der Waals surface area contributed by atoms with Gasteiger partial charge in [0.1, 0.15) is 12.4 Å². The molecule has 1 N–H and O–H groups in total. The van der Waals surface area contributed by atoms with Gasteiger partial charge in [0.25, 0.3) is 0 Å². The van der Waals surface area contributed by atoms with Gasteiger partial charge in [-0.05, 0) is 42.0 Å². The topological polar surface area (TPSA) is 72.7 Å². The molecule has 3 aromatic rings. The molecule has 0 aliphatic carbocycles. The minimum Gasteiger partial charge on any atom is -0.322 e. The Kier molecular flexibility index (Phi) is 4.89. The van der Waals surface area contributed by atoms with Crippen LogP contribution in [-0.2, 0) is 17.5 Å². The van der Waals surface area contributed by atoms with Crippen LogP contribution in [0, 0.1) is 12.7 Å². The van der Waals surface area contributed by atoms with Gasteiger partial charge in [0.15, 0.2) is 0 Å². The average molecular weight is 379 g/mol. The Morgan fingerprint density at radius 1 is 1.19 bits per heavy atom. The average Bonchev–Trinajstić information content (AvgIpc) is 3.05. The summed E-state index contributed by atoms with van der Waals surface area (Å²) in [6.07, 6.45) is -4.50. The van der Waals surface area contributed by atoms with Crippen LogP contribution in [0.1, 0.15) is 11.1 Å². The molecule has 0 aliphatic rings. The van der Waals surface area contributed by atoms with E-state index in [-0.39, 0.29) is 23.6 Å². The number of rotatable bonds is 4. The minimum atomic E-state index is -4.50.